The zero-order chi connectivity index (χ0) is 18.6. The van der Waals surface area contributed by atoms with Gasteiger partial charge in [-0.2, -0.15) is 0 Å². The number of hydrogen-bond acceptors (Lipinski definition) is 3. The van der Waals surface area contributed by atoms with Crippen LogP contribution in [0.3, 0.4) is 0 Å². The standard InChI is InChI=1S/C22H22FN3O/c23-20-6-3-17(4-7-20)9-11-25-12-14-26(15-13-25)22(27)19-5-8-21-18(16-19)2-1-10-24-21/h1-8,10,16H,9,11-15H2. The summed E-state index contributed by atoms with van der Waals surface area (Å²) in [6, 6.07) is 16.2. The molecule has 0 bridgehead atoms. The van der Waals surface area contributed by atoms with Gasteiger partial charge >= 0.3 is 0 Å². The Balaban J connectivity index is 1.32. The van der Waals surface area contributed by atoms with E-state index in [0.717, 1.165) is 61.2 Å². The first-order valence-corrected chi connectivity index (χ1v) is 9.30. The smallest absolute Gasteiger partial charge is 0.253 e. The maximum absolute atomic E-state index is 13.0. The molecule has 0 saturated carbocycles. The molecule has 1 fully saturated rings. The van der Waals surface area contributed by atoms with E-state index in [1.165, 1.54) is 12.1 Å². The zero-order valence-electron chi connectivity index (χ0n) is 15.1. The Morgan fingerprint density at radius 2 is 1.78 bits per heavy atom. The van der Waals surface area contributed by atoms with E-state index in [1.807, 2.05) is 47.4 Å². The predicted octanol–water partition coefficient (Wildman–Crippen LogP) is 3.37. The molecular weight excluding hydrogens is 341 g/mol. The second-order valence-corrected chi connectivity index (χ2v) is 6.92. The Kier molecular flexibility index (Phi) is 5.12. The minimum absolute atomic E-state index is 0.0823. The van der Waals surface area contributed by atoms with Crippen LogP contribution < -0.4 is 0 Å². The normalized spacial score (nSPS) is 15.2. The van der Waals surface area contributed by atoms with Gasteiger partial charge in [0.1, 0.15) is 5.82 Å². The van der Waals surface area contributed by atoms with E-state index in [0.29, 0.717) is 0 Å². The van der Waals surface area contributed by atoms with E-state index in [-0.39, 0.29) is 11.7 Å². The van der Waals surface area contributed by atoms with Crippen LogP contribution in [0, 0.1) is 5.82 Å². The summed E-state index contributed by atoms with van der Waals surface area (Å²) in [5.41, 5.74) is 2.76. The van der Waals surface area contributed by atoms with Crippen LogP contribution in [0.4, 0.5) is 4.39 Å². The molecule has 0 radical (unpaired) electrons. The van der Waals surface area contributed by atoms with Gasteiger partial charge in [0, 0.05) is 49.9 Å². The third kappa shape index (κ3) is 4.14. The Labute approximate surface area is 158 Å². The fraction of sp³-hybridized carbons (Fsp3) is 0.273. The first kappa shape index (κ1) is 17.6. The van der Waals surface area contributed by atoms with Crippen molar-refractivity contribution in [2.45, 2.75) is 6.42 Å². The molecule has 0 N–H and O–H groups in total. The number of aromatic nitrogens is 1. The number of carbonyl (C=O) groups excluding carboxylic acids is 1. The monoisotopic (exact) mass is 363 g/mol. The number of rotatable bonds is 4. The Morgan fingerprint density at radius 1 is 1.00 bits per heavy atom. The molecule has 4 nitrogen and oxygen atoms in total. The van der Waals surface area contributed by atoms with E-state index in [9.17, 15) is 9.18 Å². The average Bonchev–Trinajstić information content (AvgIpc) is 2.73. The van der Waals surface area contributed by atoms with Gasteiger partial charge in [-0.05, 0) is 48.4 Å². The molecule has 0 aliphatic carbocycles. The highest BCUT2D eigenvalue weighted by Crippen LogP contribution is 2.16. The number of nitrogens with zero attached hydrogens (tertiary/aromatic N) is 3. The minimum Gasteiger partial charge on any atom is -0.336 e. The molecule has 3 aromatic rings. The van der Waals surface area contributed by atoms with Crippen molar-refractivity contribution >= 4 is 16.8 Å². The molecule has 4 rings (SSSR count). The van der Waals surface area contributed by atoms with Crippen LogP contribution >= 0.6 is 0 Å². The highest BCUT2D eigenvalue weighted by molar-refractivity contribution is 5.98. The number of pyridine rings is 1. The highest BCUT2D eigenvalue weighted by atomic mass is 19.1. The molecule has 138 valence electrons. The van der Waals surface area contributed by atoms with Crippen LogP contribution in [0.25, 0.3) is 10.9 Å². The summed E-state index contributed by atoms with van der Waals surface area (Å²) >= 11 is 0. The molecule has 27 heavy (non-hydrogen) atoms. The van der Waals surface area contributed by atoms with Crippen LogP contribution in [0.2, 0.25) is 0 Å². The lowest BCUT2D eigenvalue weighted by Gasteiger charge is -2.34. The molecule has 2 heterocycles. The summed E-state index contributed by atoms with van der Waals surface area (Å²) in [5, 5.41) is 0.987. The van der Waals surface area contributed by atoms with Crippen molar-refractivity contribution in [3.8, 4) is 0 Å². The minimum atomic E-state index is -0.199. The van der Waals surface area contributed by atoms with Crippen LogP contribution in [0.1, 0.15) is 15.9 Å². The third-order valence-electron chi connectivity index (χ3n) is 5.14. The van der Waals surface area contributed by atoms with Crippen LogP contribution in [0.5, 0.6) is 0 Å². The Bertz CT molecular complexity index is 934. The largest absolute Gasteiger partial charge is 0.336 e. The molecule has 1 aliphatic rings. The van der Waals surface area contributed by atoms with E-state index in [1.54, 1.807) is 6.20 Å². The predicted molar refractivity (Wildman–Crippen MR) is 104 cm³/mol. The lowest BCUT2D eigenvalue weighted by Crippen LogP contribution is -2.49. The summed E-state index contributed by atoms with van der Waals surface area (Å²) in [6.45, 7) is 4.11. The second kappa shape index (κ2) is 7.84. The van der Waals surface area contributed by atoms with E-state index >= 15 is 0 Å². The van der Waals surface area contributed by atoms with Gasteiger partial charge < -0.3 is 4.90 Å². The number of piperazine rings is 1. The van der Waals surface area contributed by atoms with Gasteiger partial charge in [0.2, 0.25) is 0 Å². The van der Waals surface area contributed by atoms with Gasteiger partial charge in [-0.1, -0.05) is 18.2 Å². The summed E-state index contributed by atoms with van der Waals surface area (Å²) in [6.07, 6.45) is 2.65. The van der Waals surface area contributed by atoms with Gasteiger partial charge in [0.25, 0.3) is 5.91 Å². The van der Waals surface area contributed by atoms with Crippen molar-refractivity contribution in [3.05, 3.63) is 77.7 Å². The van der Waals surface area contributed by atoms with Crippen molar-refractivity contribution in [3.63, 3.8) is 0 Å². The second-order valence-electron chi connectivity index (χ2n) is 6.92. The molecule has 1 saturated heterocycles. The van der Waals surface area contributed by atoms with Crippen molar-refractivity contribution in [1.82, 2.24) is 14.8 Å². The number of hydrogen-bond donors (Lipinski definition) is 0. The van der Waals surface area contributed by atoms with Crippen molar-refractivity contribution in [2.24, 2.45) is 0 Å². The summed E-state index contributed by atoms with van der Waals surface area (Å²) in [5.74, 6) is -0.116. The van der Waals surface area contributed by atoms with Gasteiger partial charge in [0.05, 0.1) is 5.52 Å². The molecule has 0 atom stereocenters. The number of amides is 1. The van der Waals surface area contributed by atoms with Gasteiger partial charge in [-0.25, -0.2) is 4.39 Å². The number of fused-ring (bicyclic) bond motifs is 1. The fourth-order valence-electron chi connectivity index (χ4n) is 3.50. The van der Waals surface area contributed by atoms with E-state index < -0.39 is 0 Å². The SMILES string of the molecule is O=C(c1ccc2ncccc2c1)N1CCN(CCc2ccc(F)cc2)CC1. The van der Waals surface area contributed by atoms with Crippen LogP contribution in [0.15, 0.2) is 60.8 Å². The van der Waals surface area contributed by atoms with Crippen molar-refractivity contribution < 1.29 is 9.18 Å². The molecule has 1 aliphatic heterocycles. The van der Waals surface area contributed by atoms with E-state index in [4.69, 9.17) is 0 Å². The quantitative estimate of drug-likeness (QED) is 0.713. The zero-order valence-corrected chi connectivity index (χ0v) is 15.1. The van der Waals surface area contributed by atoms with Gasteiger partial charge in [-0.15, -0.1) is 0 Å². The highest BCUT2D eigenvalue weighted by Gasteiger charge is 2.22. The summed E-state index contributed by atoms with van der Waals surface area (Å²) < 4.78 is 13.0. The molecule has 1 aromatic heterocycles. The maximum atomic E-state index is 13.0. The van der Waals surface area contributed by atoms with Crippen LogP contribution in [-0.2, 0) is 6.42 Å². The number of benzene rings is 2. The molecule has 0 spiro atoms. The van der Waals surface area contributed by atoms with Gasteiger partial charge in [-0.3, -0.25) is 14.7 Å². The molecular formula is C22H22FN3O. The fourth-order valence-corrected chi connectivity index (χ4v) is 3.50. The van der Waals surface area contributed by atoms with Gasteiger partial charge in [0.15, 0.2) is 0 Å². The Hall–Kier alpha value is -2.79. The number of carbonyl (C=O) groups is 1. The molecule has 5 heteroatoms. The first-order valence-electron chi connectivity index (χ1n) is 9.30. The average molecular weight is 363 g/mol. The topological polar surface area (TPSA) is 36.4 Å². The van der Waals surface area contributed by atoms with E-state index in [2.05, 4.69) is 9.88 Å². The summed E-state index contributed by atoms with van der Waals surface area (Å²) in [4.78, 5) is 21.4. The Morgan fingerprint density at radius 3 is 2.56 bits per heavy atom. The lowest BCUT2D eigenvalue weighted by atomic mass is 10.1. The molecule has 1 amide bonds. The lowest BCUT2D eigenvalue weighted by molar-refractivity contribution is 0.0638. The third-order valence-corrected chi connectivity index (χ3v) is 5.14. The molecule has 0 unspecified atom stereocenters. The maximum Gasteiger partial charge on any atom is 0.253 e. The first-order chi connectivity index (χ1) is 13.2. The summed E-state index contributed by atoms with van der Waals surface area (Å²) in [7, 11) is 0. The van der Waals surface area contributed by atoms with Crippen molar-refractivity contribution in [1.29, 1.82) is 0 Å². The number of halogens is 1. The van der Waals surface area contributed by atoms with Crippen LogP contribution in [-0.4, -0.2) is 53.4 Å². The van der Waals surface area contributed by atoms with Crippen molar-refractivity contribution in [2.75, 3.05) is 32.7 Å². The molecule has 2 aromatic carbocycles.